The van der Waals surface area contributed by atoms with Gasteiger partial charge in [-0.2, -0.15) is 0 Å². The number of anilines is 1. The monoisotopic (exact) mass is 307 g/mol. The summed E-state index contributed by atoms with van der Waals surface area (Å²) in [5, 5.41) is 4.20. The summed E-state index contributed by atoms with van der Waals surface area (Å²) in [6, 6.07) is 0.462. The van der Waals surface area contributed by atoms with Crippen molar-refractivity contribution < 1.29 is 9.53 Å². The number of nitrogens with zero attached hydrogens (tertiary/aromatic N) is 2. The van der Waals surface area contributed by atoms with Crippen LogP contribution in [0.4, 0.5) is 5.82 Å². The Bertz CT molecular complexity index is 514. The minimum absolute atomic E-state index is 0.349. The molecule has 1 N–H and O–H groups in total. The molecule has 0 spiro atoms. The summed E-state index contributed by atoms with van der Waals surface area (Å²) in [6.07, 6.45) is 11.7. The molecule has 0 aliphatic heterocycles. The molecule has 0 bridgehead atoms. The molecule has 1 fully saturated rings. The quantitative estimate of drug-likeness (QED) is 0.377. The van der Waals surface area contributed by atoms with Gasteiger partial charge in [0.25, 0.3) is 0 Å². The topological polar surface area (TPSA) is 64.1 Å². The zero-order valence-electron chi connectivity index (χ0n) is 12.5. The highest BCUT2D eigenvalue weighted by Gasteiger charge is 2.16. The highest BCUT2D eigenvalue weighted by Crippen LogP contribution is 2.24. The zero-order valence-corrected chi connectivity index (χ0v) is 13.3. The summed E-state index contributed by atoms with van der Waals surface area (Å²) < 4.78 is 4.89. The first-order chi connectivity index (χ1) is 10.2. The van der Waals surface area contributed by atoms with Crippen molar-refractivity contribution >= 4 is 29.6 Å². The van der Waals surface area contributed by atoms with Gasteiger partial charge in [-0.3, -0.25) is 0 Å². The maximum Gasteiger partial charge on any atom is 0.330 e. The molecule has 1 saturated carbocycles. The molecule has 0 atom stereocenters. The van der Waals surface area contributed by atoms with Gasteiger partial charge in [0, 0.05) is 23.9 Å². The number of nitrogens with one attached hydrogen (secondary N) is 1. The van der Waals surface area contributed by atoms with E-state index in [1.165, 1.54) is 43.5 Å². The van der Waals surface area contributed by atoms with Gasteiger partial charge in [0.2, 0.25) is 0 Å². The maximum atomic E-state index is 11.4. The van der Waals surface area contributed by atoms with Crippen LogP contribution in [0, 0.1) is 0 Å². The third-order valence-electron chi connectivity index (χ3n) is 3.36. The predicted molar refractivity (Wildman–Crippen MR) is 85.4 cm³/mol. The number of carbonyl (C=O) groups is 1. The van der Waals surface area contributed by atoms with E-state index in [0.717, 1.165) is 16.5 Å². The van der Waals surface area contributed by atoms with E-state index in [2.05, 4.69) is 15.3 Å². The van der Waals surface area contributed by atoms with Crippen molar-refractivity contribution in [2.75, 3.05) is 18.2 Å². The number of rotatable bonds is 6. The first-order valence-corrected chi connectivity index (χ1v) is 8.47. The van der Waals surface area contributed by atoms with E-state index in [4.69, 9.17) is 4.74 Å². The number of carbonyl (C=O) groups excluding carboxylic acids is 1. The number of hydrogen-bond donors (Lipinski definition) is 1. The molecule has 0 saturated heterocycles. The lowest BCUT2D eigenvalue weighted by Gasteiger charge is -2.15. The molecule has 0 aromatic carbocycles. The van der Waals surface area contributed by atoms with E-state index in [0.29, 0.717) is 12.6 Å². The van der Waals surface area contributed by atoms with E-state index >= 15 is 0 Å². The van der Waals surface area contributed by atoms with Crippen LogP contribution in [0.3, 0.4) is 0 Å². The molecule has 2 rings (SSSR count). The fourth-order valence-corrected chi connectivity index (χ4v) is 2.66. The fraction of sp³-hybridized carbons (Fsp3) is 0.533. The summed E-state index contributed by atoms with van der Waals surface area (Å²) in [5.74, 6) is 0.444. The highest BCUT2D eigenvalue weighted by atomic mass is 32.2. The molecule has 1 heterocycles. The Morgan fingerprint density at radius 2 is 2.29 bits per heavy atom. The van der Waals surface area contributed by atoms with Crippen LogP contribution in [0.1, 0.15) is 38.2 Å². The zero-order chi connectivity index (χ0) is 15.1. The minimum Gasteiger partial charge on any atom is -0.463 e. The number of thioether (sulfide) groups is 1. The second kappa shape index (κ2) is 8.02. The Hall–Kier alpha value is -1.56. The number of esters is 1. The molecular weight excluding hydrogens is 286 g/mol. The van der Waals surface area contributed by atoms with Crippen molar-refractivity contribution in [3.8, 4) is 0 Å². The Kier molecular flexibility index (Phi) is 6.04. The minimum atomic E-state index is -0.349. The van der Waals surface area contributed by atoms with Crippen LogP contribution in [0.5, 0.6) is 0 Å². The van der Waals surface area contributed by atoms with Gasteiger partial charge >= 0.3 is 5.97 Å². The van der Waals surface area contributed by atoms with E-state index < -0.39 is 0 Å². The molecule has 1 aromatic heterocycles. The summed E-state index contributed by atoms with van der Waals surface area (Å²) in [6.45, 7) is 2.16. The van der Waals surface area contributed by atoms with Crippen LogP contribution in [-0.2, 0) is 9.53 Å². The molecule has 1 aliphatic rings. The average Bonchev–Trinajstić information content (AvgIpc) is 2.99. The molecule has 1 aliphatic carbocycles. The largest absolute Gasteiger partial charge is 0.463 e. The lowest BCUT2D eigenvalue weighted by Crippen LogP contribution is -2.17. The lowest BCUT2D eigenvalue weighted by molar-refractivity contribution is -0.137. The molecule has 21 heavy (non-hydrogen) atoms. The molecule has 5 nitrogen and oxygen atoms in total. The van der Waals surface area contributed by atoms with E-state index in [1.54, 1.807) is 19.2 Å². The van der Waals surface area contributed by atoms with Gasteiger partial charge in [0.05, 0.1) is 6.61 Å². The second-order valence-electron chi connectivity index (χ2n) is 4.87. The van der Waals surface area contributed by atoms with E-state index in [-0.39, 0.29) is 5.97 Å². The molecule has 114 valence electrons. The van der Waals surface area contributed by atoms with Crippen molar-refractivity contribution in [1.82, 2.24) is 9.97 Å². The molecule has 0 unspecified atom stereocenters. The SMILES string of the molecule is CCOC(=O)/C=C/c1cnc(SC)nc1NC1CCCC1. The Balaban J connectivity index is 2.15. The van der Waals surface area contributed by atoms with Gasteiger partial charge in [0.1, 0.15) is 5.82 Å². The molecule has 1 aromatic rings. The summed E-state index contributed by atoms with van der Waals surface area (Å²) in [4.78, 5) is 20.2. The summed E-state index contributed by atoms with van der Waals surface area (Å²) in [5.41, 5.74) is 0.813. The van der Waals surface area contributed by atoms with Gasteiger partial charge in [-0.25, -0.2) is 14.8 Å². The highest BCUT2D eigenvalue weighted by molar-refractivity contribution is 7.98. The van der Waals surface area contributed by atoms with E-state index in [1.807, 2.05) is 6.26 Å². The van der Waals surface area contributed by atoms with Crippen LogP contribution in [0.2, 0.25) is 0 Å². The number of hydrogen-bond acceptors (Lipinski definition) is 6. The smallest absolute Gasteiger partial charge is 0.330 e. The van der Waals surface area contributed by atoms with Crippen LogP contribution in [-0.4, -0.2) is 34.8 Å². The van der Waals surface area contributed by atoms with Crippen molar-refractivity contribution in [2.24, 2.45) is 0 Å². The Labute approximate surface area is 129 Å². The Morgan fingerprint density at radius 3 is 2.95 bits per heavy atom. The van der Waals surface area contributed by atoms with Gasteiger partial charge in [-0.05, 0) is 32.1 Å². The van der Waals surface area contributed by atoms with Crippen molar-refractivity contribution in [1.29, 1.82) is 0 Å². The maximum absolute atomic E-state index is 11.4. The first kappa shape index (κ1) is 15.8. The third kappa shape index (κ3) is 4.74. The van der Waals surface area contributed by atoms with Crippen molar-refractivity contribution in [3.63, 3.8) is 0 Å². The van der Waals surface area contributed by atoms with Gasteiger partial charge in [0.15, 0.2) is 5.16 Å². The van der Waals surface area contributed by atoms with Gasteiger partial charge in [-0.1, -0.05) is 24.6 Å². The average molecular weight is 307 g/mol. The third-order valence-corrected chi connectivity index (χ3v) is 3.92. The normalized spacial score (nSPS) is 15.5. The molecule has 6 heteroatoms. The van der Waals surface area contributed by atoms with Crippen LogP contribution in [0.15, 0.2) is 17.4 Å². The standard InChI is InChI=1S/C15H21N3O2S/c1-3-20-13(19)9-8-11-10-16-15(21-2)18-14(11)17-12-6-4-5-7-12/h8-10,12H,3-7H2,1-2H3,(H,16,17,18)/b9-8+. The molecule has 0 radical (unpaired) electrons. The van der Waals surface area contributed by atoms with Crippen LogP contribution in [0.25, 0.3) is 6.08 Å². The molecular formula is C15H21N3O2S. The molecule has 0 amide bonds. The predicted octanol–water partition coefficient (Wildman–Crippen LogP) is 3.13. The van der Waals surface area contributed by atoms with Gasteiger partial charge < -0.3 is 10.1 Å². The lowest BCUT2D eigenvalue weighted by atomic mass is 10.2. The van der Waals surface area contributed by atoms with E-state index in [9.17, 15) is 4.79 Å². The Morgan fingerprint density at radius 1 is 1.52 bits per heavy atom. The van der Waals surface area contributed by atoms with Gasteiger partial charge in [-0.15, -0.1) is 0 Å². The summed E-state index contributed by atoms with van der Waals surface area (Å²) in [7, 11) is 0. The second-order valence-corrected chi connectivity index (χ2v) is 5.65. The van der Waals surface area contributed by atoms with Crippen molar-refractivity contribution in [2.45, 2.75) is 43.8 Å². The fourth-order valence-electron chi connectivity index (χ4n) is 2.32. The summed E-state index contributed by atoms with van der Waals surface area (Å²) >= 11 is 1.50. The first-order valence-electron chi connectivity index (χ1n) is 7.25. The van der Waals surface area contributed by atoms with Crippen LogP contribution >= 0.6 is 11.8 Å². The van der Waals surface area contributed by atoms with Crippen LogP contribution < -0.4 is 5.32 Å². The van der Waals surface area contributed by atoms with Crippen molar-refractivity contribution in [3.05, 3.63) is 17.8 Å². The number of aromatic nitrogens is 2. The number of ether oxygens (including phenoxy) is 1.